The molecule has 1 aliphatic rings. The van der Waals surface area contributed by atoms with E-state index in [0.717, 1.165) is 37.3 Å². The van der Waals surface area contributed by atoms with Crippen LogP contribution in [0.5, 0.6) is 0 Å². The molecule has 0 radical (unpaired) electrons. The van der Waals surface area contributed by atoms with Crippen LogP contribution in [0.4, 0.5) is 0 Å². The number of nitrogens with two attached hydrogens (primary N) is 1. The first-order valence-electron chi connectivity index (χ1n) is 8.41. The zero-order chi connectivity index (χ0) is 17.1. The van der Waals surface area contributed by atoms with Crippen LogP contribution in [-0.2, 0) is 11.2 Å². The SMILES string of the molecule is Cc1c(CCN2CCC2)nn([C@@H](CC(C)C)C(N)=O)c(=O)c1C. The Balaban J connectivity index is 2.35. The van der Waals surface area contributed by atoms with E-state index in [0.29, 0.717) is 12.0 Å². The van der Waals surface area contributed by atoms with Gasteiger partial charge in [-0.05, 0) is 51.3 Å². The average Bonchev–Trinajstić information content (AvgIpc) is 2.43. The number of hydrogen-bond donors (Lipinski definition) is 1. The fourth-order valence-electron chi connectivity index (χ4n) is 2.90. The van der Waals surface area contributed by atoms with E-state index in [1.807, 2.05) is 20.8 Å². The van der Waals surface area contributed by atoms with Gasteiger partial charge < -0.3 is 10.6 Å². The van der Waals surface area contributed by atoms with Gasteiger partial charge in [0.05, 0.1) is 5.69 Å². The number of carbonyl (C=O) groups excluding carboxylic acids is 1. The monoisotopic (exact) mass is 320 g/mol. The second kappa shape index (κ2) is 7.25. The van der Waals surface area contributed by atoms with Crippen molar-refractivity contribution in [2.24, 2.45) is 11.7 Å². The number of amides is 1. The van der Waals surface area contributed by atoms with Crippen molar-refractivity contribution in [1.29, 1.82) is 0 Å². The summed E-state index contributed by atoms with van der Waals surface area (Å²) in [5.74, 6) is -0.238. The predicted molar refractivity (Wildman–Crippen MR) is 90.4 cm³/mol. The molecule has 0 aliphatic carbocycles. The maximum atomic E-state index is 12.6. The van der Waals surface area contributed by atoms with Gasteiger partial charge in [0.15, 0.2) is 0 Å². The molecular formula is C17H28N4O2. The normalized spacial score (nSPS) is 16.4. The number of hydrogen-bond acceptors (Lipinski definition) is 4. The van der Waals surface area contributed by atoms with Gasteiger partial charge in [0.2, 0.25) is 5.91 Å². The largest absolute Gasteiger partial charge is 0.368 e. The molecule has 128 valence electrons. The fourth-order valence-corrected chi connectivity index (χ4v) is 2.90. The molecule has 1 fully saturated rings. The lowest BCUT2D eigenvalue weighted by molar-refractivity contribution is -0.122. The van der Waals surface area contributed by atoms with Gasteiger partial charge in [-0.15, -0.1) is 0 Å². The summed E-state index contributed by atoms with van der Waals surface area (Å²) in [6.45, 7) is 11.0. The Kier molecular flexibility index (Phi) is 5.57. The summed E-state index contributed by atoms with van der Waals surface area (Å²) in [5.41, 5.74) is 7.80. The molecule has 0 aromatic carbocycles. The van der Waals surface area contributed by atoms with Crippen LogP contribution in [0.25, 0.3) is 0 Å². The third-order valence-corrected chi connectivity index (χ3v) is 4.68. The van der Waals surface area contributed by atoms with E-state index >= 15 is 0 Å². The number of nitrogens with zero attached hydrogens (tertiary/aromatic N) is 3. The van der Waals surface area contributed by atoms with Gasteiger partial charge in [0.25, 0.3) is 5.56 Å². The van der Waals surface area contributed by atoms with Crippen molar-refractivity contribution >= 4 is 5.91 Å². The molecule has 0 unspecified atom stereocenters. The minimum absolute atomic E-state index is 0.209. The molecule has 6 nitrogen and oxygen atoms in total. The lowest BCUT2D eigenvalue weighted by atomic mass is 10.0. The van der Waals surface area contributed by atoms with Crippen LogP contribution < -0.4 is 11.3 Å². The third kappa shape index (κ3) is 3.99. The van der Waals surface area contributed by atoms with E-state index in [9.17, 15) is 9.59 Å². The highest BCUT2D eigenvalue weighted by molar-refractivity contribution is 5.78. The highest BCUT2D eigenvalue weighted by Gasteiger charge is 2.24. The van der Waals surface area contributed by atoms with E-state index in [1.165, 1.54) is 11.1 Å². The first-order chi connectivity index (χ1) is 10.8. The van der Waals surface area contributed by atoms with Crippen LogP contribution in [0.2, 0.25) is 0 Å². The van der Waals surface area contributed by atoms with Gasteiger partial charge in [-0.25, -0.2) is 4.68 Å². The Bertz CT molecular complexity index is 632. The van der Waals surface area contributed by atoms with Crippen molar-refractivity contribution in [3.63, 3.8) is 0 Å². The number of primary amides is 1. The minimum atomic E-state index is -0.676. The van der Waals surface area contributed by atoms with Crippen LogP contribution in [-0.4, -0.2) is 40.2 Å². The maximum Gasteiger partial charge on any atom is 0.270 e. The van der Waals surface area contributed by atoms with Gasteiger partial charge in [0.1, 0.15) is 6.04 Å². The molecule has 6 heteroatoms. The number of rotatable bonds is 7. The summed E-state index contributed by atoms with van der Waals surface area (Å²) in [6, 6.07) is -0.676. The third-order valence-electron chi connectivity index (χ3n) is 4.68. The lowest BCUT2D eigenvalue weighted by Crippen LogP contribution is -2.40. The molecule has 0 saturated carbocycles. The number of likely N-dealkylation sites (tertiary alicyclic amines) is 1. The molecule has 2 N–H and O–H groups in total. The zero-order valence-electron chi connectivity index (χ0n) is 14.6. The summed E-state index contributed by atoms with van der Waals surface area (Å²) in [5, 5.41) is 4.51. The van der Waals surface area contributed by atoms with E-state index in [4.69, 9.17) is 5.73 Å². The smallest absolute Gasteiger partial charge is 0.270 e. The van der Waals surface area contributed by atoms with E-state index < -0.39 is 11.9 Å². The summed E-state index contributed by atoms with van der Waals surface area (Å²) < 4.78 is 1.32. The first kappa shape index (κ1) is 17.7. The van der Waals surface area contributed by atoms with Crippen LogP contribution in [0, 0.1) is 19.8 Å². The fraction of sp³-hybridized carbons (Fsp3) is 0.706. The summed E-state index contributed by atoms with van der Waals surface area (Å²) in [6.07, 6.45) is 2.57. The van der Waals surface area contributed by atoms with Crippen LogP contribution >= 0.6 is 0 Å². The van der Waals surface area contributed by atoms with Crippen molar-refractivity contribution in [3.8, 4) is 0 Å². The minimum Gasteiger partial charge on any atom is -0.368 e. The highest BCUT2D eigenvalue weighted by Crippen LogP contribution is 2.17. The standard InChI is InChI=1S/C17H28N4O2/c1-11(2)10-15(16(18)22)21-17(23)13(4)12(3)14(19-21)6-9-20-7-5-8-20/h11,15H,5-10H2,1-4H3,(H2,18,22)/t15-/m0/s1. The van der Waals surface area contributed by atoms with Crippen LogP contribution in [0.1, 0.15) is 49.6 Å². The summed E-state index contributed by atoms with van der Waals surface area (Å²) in [7, 11) is 0. The Morgan fingerprint density at radius 1 is 1.26 bits per heavy atom. The van der Waals surface area contributed by atoms with Crippen molar-refractivity contribution in [3.05, 3.63) is 27.2 Å². The Labute approximate surface area is 137 Å². The first-order valence-corrected chi connectivity index (χ1v) is 8.41. The van der Waals surface area contributed by atoms with E-state index in [-0.39, 0.29) is 11.5 Å². The van der Waals surface area contributed by atoms with Gasteiger partial charge in [-0.1, -0.05) is 13.8 Å². The molecule has 2 heterocycles. The van der Waals surface area contributed by atoms with Crippen molar-refractivity contribution in [2.45, 2.75) is 53.0 Å². The summed E-state index contributed by atoms with van der Waals surface area (Å²) in [4.78, 5) is 26.8. The highest BCUT2D eigenvalue weighted by atomic mass is 16.2. The molecule has 1 amide bonds. The quantitative estimate of drug-likeness (QED) is 0.818. The van der Waals surface area contributed by atoms with Gasteiger partial charge >= 0.3 is 0 Å². The molecule has 1 aromatic heterocycles. The maximum absolute atomic E-state index is 12.6. The average molecular weight is 320 g/mol. The van der Waals surface area contributed by atoms with Crippen LogP contribution in [0.15, 0.2) is 4.79 Å². The Morgan fingerprint density at radius 3 is 2.39 bits per heavy atom. The second-order valence-corrected chi connectivity index (χ2v) is 6.94. The molecule has 23 heavy (non-hydrogen) atoms. The molecule has 1 saturated heterocycles. The van der Waals surface area contributed by atoms with Crippen LogP contribution in [0.3, 0.4) is 0 Å². The molecule has 2 rings (SSSR count). The van der Waals surface area contributed by atoms with Crippen molar-refractivity contribution in [2.75, 3.05) is 19.6 Å². The van der Waals surface area contributed by atoms with Gasteiger partial charge in [-0.3, -0.25) is 9.59 Å². The predicted octanol–water partition coefficient (Wildman–Crippen LogP) is 1.18. The molecule has 1 aliphatic heterocycles. The van der Waals surface area contributed by atoms with Crippen molar-refractivity contribution in [1.82, 2.24) is 14.7 Å². The van der Waals surface area contributed by atoms with Crippen molar-refractivity contribution < 1.29 is 4.79 Å². The topological polar surface area (TPSA) is 81.2 Å². The Morgan fingerprint density at radius 2 is 1.91 bits per heavy atom. The number of aromatic nitrogens is 2. The summed E-state index contributed by atoms with van der Waals surface area (Å²) >= 11 is 0. The van der Waals surface area contributed by atoms with E-state index in [2.05, 4.69) is 10.00 Å². The zero-order valence-corrected chi connectivity index (χ0v) is 14.6. The van der Waals surface area contributed by atoms with Gasteiger partial charge in [-0.2, -0.15) is 5.10 Å². The number of carbonyl (C=O) groups is 1. The second-order valence-electron chi connectivity index (χ2n) is 6.94. The molecule has 1 aromatic rings. The van der Waals surface area contributed by atoms with E-state index in [1.54, 1.807) is 6.92 Å². The van der Waals surface area contributed by atoms with Gasteiger partial charge in [0, 0.05) is 18.5 Å². The molecule has 0 bridgehead atoms. The lowest BCUT2D eigenvalue weighted by Gasteiger charge is -2.30. The molecule has 1 atom stereocenters. The Hall–Kier alpha value is -1.69. The molecular weight excluding hydrogens is 292 g/mol. The molecule has 0 spiro atoms.